The first-order valence-corrected chi connectivity index (χ1v) is 8.05. The molecule has 0 unspecified atom stereocenters. The number of non-ortho nitro benzene ring substituents is 1. The standard InChI is InChI=1S/C17H19ClN2O5/c1-17(2,16(21)22)7-8-19-10-12-4-6-15(25-12)13-5-3-11(20(23)24)9-14(13)18/h3-6,9,19H,7-8,10H2,1-2H3,(H,21,22). The highest BCUT2D eigenvalue weighted by Crippen LogP contribution is 2.32. The number of aliphatic carboxylic acids is 1. The number of hydrogen-bond donors (Lipinski definition) is 2. The van der Waals surface area contributed by atoms with Gasteiger partial charge in [-0.1, -0.05) is 11.6 Å². The lowest BCUT2D eigenvalue weighted by Gasteiger charge is -2.18. The summed E-state index contributed by atoms with van der Waals surface area (Å²) >= 11 is 6.09. The fourth-order valence-electron chi connectivity index (χ4n) is 2.15. The molecule has 0 radical (unpaired) electrons. The van der Waals surface area contributed by atoms with Gasteiger partial charge in [-0.25, -0.2) is 0 Å². The molecule has 0 atom stereocenters. The van der Waals surface area contributed by atoms with Crippen molar-refractivity contribution in [3.05, 3.63) is 51.2 Å². The van der Waals surface area contributed by atoms with Crippen molar-refractivity contribution in [3.63, 3.8) is 0 Å². The second-order valence-corrected chi connectivity index (χ2v) is 6.71. The zero-order chi connectivity index (χ0) is 18.6. The number of nitrogens with one attached hydrogen (secondary N) is 1. The molecule has 1 aromatic carbocycles. The van der Waals surface area contributed by atoms with Crippen LogP contribution in [0.2, 0.25) is 5.02 Å². The molecule has 0 bridgehead atoms. The van der Waals surface area contributed by atoms with Gasteiger partial charge in [0.05, 0.1) is 21.9 Å². The zero-order valence-corrected chi connectivity index (χ0v) is 14.7. The summed E-state index contributed by atoms with van der Waals surface area (Å²) in [6.07, 6.45) is 0.490. The van der Waals surface area contributed by atoms with Gasteiger partial charge in [0.15, 0.2) is 0 Å². The Morgan fingerprint density at radius 2 is 2.08 bits per heavy atom. The molecular formula is C17H19ClN2O5. The van der Waals surface area contributed by atoms with Crippen LogP contribution in [0.25, 0.3) is 11.3 Å². The minimum atomic E-state index is -0.831. The highest BCUT2D eigenvalue weighted by atomic mass is 35.5. The van der Waals surface area contributed by atoms with Crippen molar-refractivity contribution in [1.82, 2.24) is 5.32 Å². The number of hydrogen-bond acceptors (Lipinski definition) is 5. The third-order valence-electron chi connectivity index (χ3n) is 3.90. The lowest BCUT2D eigenvalue weighted by molar-refractivity contribution is -0.384. The van der Waals surface area contributed by atoms with Crippen LogP contribution < -0.4 is 5.32 Å². The Labute approximate surface area is 149 Å². The van der Waals surface area contributed by atoms with Crippen molar-refractivity contribution >= 4 is 23.3 Å². The largest absolute Gasteiger partial charge is 0.481 e. The van der Waals surface area contributed by atoms with Crippen LogP contribution in [0, 0.1) is 15.5 Å². The minimum Gasteiger partial charge on any atom is -0.481 e. The molecule has 0 aliphatic rings. The van der Waals surface area contributed by atoms with E-state index in [1.165, 1.54) is 12.1 Å². The topological polar surface area (TPSA) is 106 Å². The summed E-state index contributed by atoms with van der Waals surface area (Å²) in [6, 6.07) is 7.72. The number of nitro benzene ring substituents is 1. The van der Waals surface area contributed by atoms with E-state index >= 15 is 0 Å². The van der Waals surface area contributed by atoms with E-state index in [1.807, 2.05) is 0 Å². The van der Waals surface area contributed by atoms with Gasteiger partial charge in [-0.2, -0.15) is 0 Å². The van der Waals surface area contributed by atoms with E-state index in [4.69, 9.17) is 21.1 Å². The number of carboxylic acids is 1. The van der Waals surface area contributed by atoms with Crippen molar-refractivity contribution in [3.8, 4) is 11.3 Å². The Balaban J connectivity index is 1.97. The highest BCUT2D eigenvalue weighted by Gasteiger charge is 2.26. The van der Waals surface area contributed by atoms with E-state index < -0.39 is 16.3 Å². The molecule has 0 spiro atoms. The number of nitro groups is 1. The third-order valence-corrected chi connectivity index (χ3v) is 4.21. The van der Waals surface area contributed by atoms with Gasteiger partial charge >= 0.3 is 5.97 Å². The van der Waals surface area contributed by atoms with Gasteiger partial charge in [0.2, 0.25) is 0 Å². The zero-order valence-electron chi connectivity index (χ0n) is 13.9. The van der Waals surface area contributed by atoms with E-state index in [-0.39, 0.29) is 10.7 Å². The highest BCUT2D eigenvalue weighted by molar-refractivity contribution is 6.33. The van der Waals surface area contributed by atoms with Crippen molar-refractivity contribution in [1.29, 1.82) is 0 Å². The smallest absolute Gasteiger partial charge is 0.309 e. The maximum absolute atomic E-state index is 11.0. The Morgan fingerprint density at radius 1 is 1.36 bits per heavy atom. The minimum absolute atomic E-state index is 0.0803. The van der Waals surface area contributed by atoms with Crippen LogP contribution in [-0.4, -0.2) is 22.5 Å². The van der Waals surface area contributed by atoms with Crippen LogP contribution in [0.3, 0.4) is 0 Å². The van der Waals surface area contributed by atoms with Gasteiger partial charge in [0.25, 0.3) is 5.69 Å². The lowest BCUT2D eigenvalue weighted by Crippen LogP contribution is -2.28. The van der Waals surface area contributed by atoms with Crippen molar-refractivity contribution in [2.75, 3.05) is 6.54 Å². The van der Waals surface area contributed by atoms with Crippen LogP contribution in [0.15, 0.2) is 34.7 Å². The molecule has 0 saturated carbocycles. The molecule has 0 aliphatic heterocycles. The van der Waals surface area contributed by atoms with Gasteiger partial charge in [-0.3, -0.25) is 14.9 Å². The fraction of sp³-hybridized carbons (Fsp3) is 0.353. The summed E-state index contributed by atoms with van der Waals surface area (Å²) in [7, 11) is 0. The third kappa shape index (κ3) is 4.80. The van der Waals surface area contributed by atoms with Gasteiger partial charge in [0, 0.05) is 17.7 Å². The van der Waals surface area contributed by atoms with Gasteiger partial charge in [-0.15, -0.1) is 0 Å². The number of rotatable bonds is 8. The van der Waals surface area contributed by atoms with Gasteiger partial charge < -0.3 is 14.8 Å². The fourth-order valence-corrected chi connectivity index (χ4v) is 2.42. The molecule has 25 heavy (non-hydrogen) atoms. The first-order valence-electron chi connectivity index (χ1n) is 7.68. The average molecular weight is 367 g/mol. The number of carboxylic acid groups (broad SMARTS) is 1. The first kappa shape index (κ1) is 19.0. The Hall–Kier alpha value is -2.38. The summed E-state index contributed by atoms with van der Waals surface area (Å²) in [6.45, 7) is 4.34. The maximum atomic E-state index is 11.0. The van der Waals surface area contributed by atoms with E-state index in [2.05, 4.69) is 5.32 Å². The molecule has 1 aromatic heterocycles. The molecule has 0 amide bonds. The lowest BCUT2D eigenvalue weighted by atomic mass is 9.90. The first-order chi connectivity index (χ1) is 11.7. The molecule has 8 heteroatoms. The molecule has 0 aliphatic carbocycles. The van der Waals surface area contributed by atoms with E-state index in [9.17, 15) is 14.9 Å². The van der Waals surface area contributed by atoms with E-state index in [0.717, 1.165) is 0 Å². The number of nitrogens with zero attached hydrogens (tertiary/aromatic N) is 1. The van der Waals surface area contributed by atoms with Crippen LogP contribution >= 0.6 is 11.6 Å². The Bertz CT molecular complexity index is 785. The predicted octanol–water partition coefficient (Wildman–Crippen LogP) is 4.10. The van der Waals surface area contributed by atoms with Crippen molar-refractivity contribution < 1.29 is 19.2 Å². The molecule has 2 aromatic rings. The normalized spacial score (nSPS) is 11.5. The van der Waals surface area contributed by atoms with Gasteiger partial charge in [-0.05, 0) is 45.0 Å². The van der Waals surface area contributed by atoms with E-state index in [1.54, 1.807) is 32.0 Å². The second kappa shape index (κ2) is 7.67. The quantitative estimate of drug-likeness (QED) is 0.414. The monoisotopic (exact) mass is 366 g/mol. The Morgan fingerprint density at radius 3 is 2.68 bits per heavy atom. The van der Waals surface area contributed by atoms with Crippen molar-refractivity contribution in [2.45, 2.75) is 26.8 Å². The number of furan rings is 1. The van der Waals surface area contributed by atoms with Crippen LogP contribution in [0.1, 0.15) is 26.0 Å². The van der Waals surface area contributed by atoms with Crippen LogP contribution in [0.5, 0.6) is 0 Å². The molecular weight excluding hydrogens is 348 g/mol. The Kier molecular flexibility index (Phi) is 5.81. The summed E-state index contributed by atoms with van der Waals surface area (Å²) in [5.74, 6) is 0.350. The molecule has 134 valence electrons. The molecule has 2 rings (SSSR count). The van der Waals surface area contributed by atoms with Crippen LogP contribution in [0.4, 0.5) is 5.69 Å². The number of halogens is 1. The molecule has 0 fully saturated rings. The molecule has 7 nitrogen and oxygen atoms in total. The SMILES string of the molecule is CC(C)(CCNCc1ccc(-c2ccc([N+](=O)[O-])cc2Cl)o1)C(=O)O. The maximum Gasteiger partial charge on any atom is 0.309 e. The predicted molar refractivity (Wildman–Crippen MR) is 93.5 cm³/mol. The molecule has 1 heterocycles. The number of carbonyl (C=O) groups is 1. The summed E-state index contributed by atoms with van der Waals surface area (Å²) < 4.78 is 5.70. The summed E-state index contributed by atoms with van der Waals surface area (Å²) in [5.41, 5.74) is -0.290. The van der Waals surface area contributed by atoms with Gasteiger partial charge in [0.1, 0.15) is 11.5 Å². The van der Waals surface area contributed by atoms with E-state index in [0.29, 0.717) is 36.6 Å². The average Bonchev–Trinajstić information content (AvgIpc) is 2.99. The summed E-state index contributed by atoms with van der Waals surface area (Å²) in [5, 5.41) is 23.2. The summed E-state index contributed by atoms with van der Waals surface area (Å²) in [4.78, 5) is 21.3. The molecule has 0 saturated heterocycles. The van der Waals surface area contributed by atoms with Crippen molar-refractivity contribution in [2.24, 2.45) is 5.41 Å². The number of benzene rings is 1. The molecule has 2 N–H and O–H groups in total. The van der Waals surface area contributed by atoms with Crippen LogP contribution in [-0.2, 0) is 11.3 Å². The second-order valence-electron chi connectivity index (χ2n) is 6.30.